The van der Waals surface area contributed by atoms with Gasteiger partial charge in [-0.2, -0.15) is 0 Å². The topological polar surface area (TPSA) is 277 Å². The van der Waals surface area contributed by atoms with Crippen LogP contribution in [0, 0.1) is 0 Å². The van der Waals surface area contributed by atoms with Crippen LogP contribution in [0.1, 0.15) is 19.3 Å². The molecule has 0 heterocycles. The van der Waals surface area contributed by atoms with Gasteiger partial charge in [0.05, 0.1) is 25.7 Å². The number of amides is 5. The van der Waals surface area contributed by atoms with Gasteiger partial charge >= 0.3 is 5.97 Å². The fourth-order valence-corrected chi connectivity index (χ4v) is 2.07. The molecule has 170 valence electrons. The number of carbonyl (C=O) groups is 6. The third-order valence-electron chi connectivity index (χ3n) is 3.68. The van der Waals surface area contributed by atoms with Crippen molar-refractivity contribution in [2.24, 2.45) is 17.2 Å². The number of carboxylic acids is 1. The molecule has 0 saturated carbocycles. The summed E-state index contributed by atoms with van der Waals surface area (Å²) in [6.07, 6.45) is -1.22. The summed E-state index contributed by atoms with van der Waals surface area (Å²) in [6, 6.07) is -6.14. The molecule has 0 aliphatic heterocycles. The Kier molecular flexibility index (Phi) is 11.6. The highest BCUT2D eigenvalue weighted by Gasteiger charge is 2.30. The van der Waals surface area contributed by atoms with E-state index in [0.29, 0.717) is 0 Å². The third kappa shape index (κ3) is 9.76. The van der Waals surface area contributed by atoms with Gasteiger partial charge in [0.1, 0.15) is 18.1 Å². The Labute approximate surface area is 170 Å². The number of hydrogen-bond acceptors (Lipinski definition) is 9. The van der Waals surface area contributed by atoms with Crippen molar-refractivity contribution >= 4 is 35.5 Å². The van der Waals surface area contributed by atoms with Gasteiger partial charge in [0.25, 0.3) is 0 Å². The second-order valence-corrected chi connectivity index (χ2v) is 6.17. The van der Waals surface area contributed by atoms with Crippen molar-refractivity contribution in [2.45, 2.75) is 43.4 Å². The van der Waals surface area contributed by atoms with Crippen molar-refractivity contribution in [3.63, 3.8) is 0 Å². The highest BCUT2D eigenvalue weighted by Crippen LogP contribution is 2.01. The van der Waals surface area contributed by atoms with Gasteiger partial charge < -0.3 is 48.5 Å². The molecule has 4 atom stereocenters. The van der Waals surface area contributed by atoms with Gasteiger partial charge in [0.15, 0.2) is 0 Å². The van der Waals surface area contributed by atoms with E-state index in [1.165, 1.54) is 0 Å². The third-order valence-corrected chi connectivity index (χ3v) is 3.68. The number of aliphatic carboxylic acids is 1. The second kappa shape index (κ2) is 13.0. The van der Waals surface area contributed by atoms with E-state index >= 15 is 0 Å². The van der Waals surface area contributed by atoms with Crippen molar-refractivity contribution in [3.8, 4) is 0 Å². The predicted molar refractivity (Wildman–Crippen MR) is 97.8 cm³/mol. The van der Waals surface area contributed by atoms with Crippen molar-refractivity contribution < 1.29 is 44.1 Å². The van der Waals surface area contributed by atoms with Crippen LogP contribution >= 0.6 is 0 Å². The van der Waals surface area contributed by atoms with Gasteiger partial charge in [-0.25, -0.2) is 4.79 Å². The minimum absolute atomic E-state index is 0.335. The van der Waals surface area contributed by atoms with Crippen LogP contribution in [-0.4, -0.2) is 88.2 Å². The molecule has 0 bridgehead atoms. The molecule has 4 unspecified atom stereocenters. The number of carboxylic acid groups (broad SMARTS) is 1. The zero-order valence-electron chi connectivity index (χ0n) is 15.9. The SMILES string of the molecule is NC(=O)CCC(NC(=O)C(CO)NC(=O)C(N)CC(N)=O)C(=O)NC(CO)C(=O)O. The molecule has 0 saturated heterocycles. The summed E-state index contributed by atoms with van der Waals surface area (Å²) in [5.74, 6) is -6.34. The monoisotopic (exact) mass is 434 g/mol. The van der Waals surface area contributed by atoms with E-state index in [-0.39, 0.29) is 12.8 Å². The van der Waals surface area contributed by atoms with Crippen molar-refractivity contribution in [1.29, 1.82) is 0 Å². The molecule has 0 aromatic heterocycles. The van der Waals surface area contributed by atoms with E-state index in [4.69, 9.17) is 27.4 Å². The minimum Gasteiger partial charge on any atom is -0.480 e. The minimum atomic E-state index is -1.68. The highest BCUT2D eigenvalue weighted by atomic mass is 16.4. The molecule has 0 rings (SSSR count). The molecular weight excluding hydrogens is 408 g/mol. The Morgan fingerprint density at radius 1 is 0.733 bits per heavy atom. The quantitative estimate of drug-likeness (QED) is 0.125. The van der Waals surface area contributed by atoms with Crippen LogP contribution in [0.4, 0.5) is 0 Å². The Bertz CT molecular complexity index is 671. The van der Waals surface area contributed by atoms with Crippen molar-refractivity contribution in [3.05, 3.63) is 0 Å². The number of primary amides is 2. The van der Waals surface area contributed by atoms with E-state index in [0.717, 1.165) is 0 Å². The number of aliphatic hydroxyl groups excluding tert-OH is 2. The maximum Gasteiger partial charge on any atom is 0.328 e. The van der Waals surface area contributed by atoms with Crippen LogP contribution < -0.4 is 33.2 Å². The molecule has 0 aliphatic rings. The van der Waals surface area contributed by atoms with E-state index in [2.05, 4.69) is 10.6 Å². The average Bonchev–Trinajstić information content (AvgIpc) is 2.65. The van der Waals surface area contributed by atoms with Gasteiger partial charge in [-0.15, -0.1) is 0 Å². The first-order valence-corrected chi connectivity index (χ1v) is 8.60. The summed E-state index contributed by atoms with van der Waals surface area (Å²) >= 11 is 0. The fraction of sp³-hybridized carbons (Fsp3) is 0.600. The first kappa shape index (κ1) is 26.7. The fourth-order valence-electron chi connectivity index (χ4n) is 2.07. The van der Waals surface area contributed by atoms with Crippen LogP contribution in [0.3, 0.4) is 0 Å². The van der Waals surface area contributed by atoms with E-state index in [1.807, 2.05) is 5.32 Å². The van der Waals surface area contributed by atoms with Crippen LogP contribution in [0.5, 0.6) is 0 Å². The molecule has 30 heavy (non-hydrogen) atoms. The molecule has 0 spiro atoms. The normalized spacial score (nSPS) is 14.5. The molecule has 0 fully saturated rings. The lowest BCUT2D eigenvalue weighted by Crippen LogP contribution is -2.58. The van der Waals surface area contributed by atoms with Crippen molar-refractivity contribution in [2.75, 3.05) is 13.2 Å². The average molecular weight is 434 g/mol. The number of nitrogens with two attached hydrogens (primary N) is 3. The standard InChI is InChI=1S/C15H26N6O9/c16-6(3-11(18)25)12(26)20-8(4-22)14(28)19-7(1-2-10(17)24)13(27)21-9(5-23)15(29)30/h6-9,22-23H,1-5,16H2,(H2,17,24)(H2,18,25)(H,19,28)(H,20,26)(H,21,27)(H,29,30). The maximum absolute atomic E-state index is 12.3. The summed E-state index contributed by atoms with van der Waals surface area (Å²) in [5, 5.41) is 33.4. The smallest absolute Gasteiger partial charge is 0.328 e. The lowest BCUT2D eigenvalue weighted by atomic mass is 10.1. The van der Waals surface area contributed by atoms with Crippen molar-refractivity contribution in [1.82, 2.24) is 16.0 Å². The first-order valence-electron chi connectivity index (χ1n) is 8.60. The summed E-state index contributed by atoms with van der Waals surface area (Å²) in [5.41, 5.74) is 15.3. The highest BCUT2D eigenvalue weighted by molar-refractivity contribution is 5.95. The van der Waals surface area contributed by atoms with Crippen LogP contribution in [0.15, 0.2) is 0 Å². The molecule has 0 aromatic rings. The van der Waals surface area contributed by atoms with Gasteiger partial charge in [0, 0.05) is 6.42 Å². The van der Waals surface area contributed by atoms with Crippen LogP contribution in [0.2, 0.25) is 0 Å². The second-order valence-electron chi connectivity index (χ2n) is 6.17. The number of aliphatic hydroxyl groups is 2. The van der Waals surface area contributed by atoms with Gasteiger partial charge in [0.2, 0.25) is 29.5 Å². The molecular formula is C15H26N6O9. The maximum atomic E-state index is 12.3. The first-order chi connectivity index (χ1) is 13.9. The Morgan fingerprint density at radius 2 is 1.20 bits per heavy atom. The number of rotatable bonds is 14. The van der Waals surface area contributed by atoms with E-state index in [9.17, 15) is 33.9 Å². The zero-order chi connectivity index (χ0) is 23.4. The van der Waals surface area contributed by atoms with Gasteiger partial charge in [-0.05, 0) is 6.42 Å². The number of carbonyl (C=O) groups excluding carboxylic acids is 5. The molecule has 0 aliphatic carbocycles. The molecule has 12 N–H and O–H groups in total. The largest absolute Gasteiger partial charge is 0.480 e. The van der Waals surface area contributed by atoms with E-state index < -0.39 is 79.3 Å². The van der Waals surface area contributed by atoms with Crippen LogP contribution in [-0.2, 0) is 28.8 Å². The molecule has 0 aromatic carbocycles. The van der Waals surface area contributed by atoms with Crippen LogP contribution in [0.25, 0.3) is 0 Å². The summed E-state index contributed by atoms with van der Waals surface area (Å²) in [6.45, 7) is -1.86. The summed E-state index contributed by atoms with van der Waals surface area (Å²) < 4.78 is 0. The summed E-state index contributed by atoms with van der Waals surface area (Å²) in [4.78, 5) is 69.2. The molecule has 15 nitrogen and oxygen atoms in total. The Morgan fingerprint density at radius 3 is 1.63 bits per heavy atom. The number of hydrogen-bond donors (Lipinski definition) is 9. The predicted octanol–water partition coefficient (Wildman–Crippen LogP) is -6.02. The lowest BCUT2D eigenvalue weighted by Gasteiger charge is -2.23. The molecule has 0 radical (unpaired) electrons. The molecule has 5 amide bonds. The van der Waals surface area contributed by atoms with E-state index in [1.54, 1.807) is 0 Å². The number of nitrogens with one attached hydrogen (secondary N) is 3. The van der Waals surface area contributed by atoms with Gasteiger partial charge in [-0.3, -0.25) is 24.0 Å². The molecule has 15 heteroatoms. The summed E-state index contributed by atoms with van der Waals surface area (Å²) in [7, 11) is 0. The van der Waals surface area contributed by atoms with Gasteiger partial charge in [-0.1, -0.05) is 0 Å². The zero-order valence-corrected chi connectivity index (χ0v) is 15.9. The lowest BCUT2D eigenvalue weighted by molar-refractivity contribution is -0.143. The Hall–Kier alpha value is -3.30. The Balaban J connectivity index is 5.23.